The Morgan fingerprint density at radius 2 is 2.09 bits per heavy atom. The van der Waals surface area contributed by atoms with Crippen LogP contribution in [0.15, 0.2) is 16.0 Å². The number of thiazole rings is 1. The van der Waals surface area contributed by atoms with E-state index >= 15 is 0 Å². The molecule has 3 heterocycles. The Hall–Kier alpha value is -1.93. The molecule has 2 aromatic rings. The Bertz CT molecular complexity index is 675. The second-order valence-corrected chi connectivity index (χ2v) is 6.62. The second-order valence-electron chi connectivity index (χ2n) is 5.78. The zero-order valence-corrected chi connectivity index (χ0v) is 14.4. The Labute approximate surface area is 139 Å². The molecule has 0 aromatic carbocycles. The molecule has 0 saturated carbocycles. The number of piperazine rings is 1. The monoisotopic (exact) mass is 335 g/mol. The maximum Gasteiger partial charge on any atom is 0.242 e. The lowest BCUT2D eigenvalue weighted by Gasteiger charge is -2.37. The molecule has 0 bridgehead atoms. The minimum absolute atomic E-state index is 0.0585. The first-order chi connectivity index (χ1) is 11.0. The van der Waals surface area contributed by atoms with Crippen LogP contribution in [0.2, 0.25) is 0 Å². The van der Waals surface area contributed by atoms with Gasteiger partial charge in [-0.2, -0.15) is 0 Å². The third-order valence-electron chi connectivity index (χ3n) is 4.00. The largest absolute Gasteiger partial charge is 0.360 e. The Morgan fingerprint density at radius 1 is 1.35 bits per heavy atom. The van der Waals surface area contributed by atoms with Gasteiger partial charge in [-0.25, -0.2) is 4.98 Å². The molecule has 1 amide bonds. The van der Waals surface area contributed by atoms with E-state index in [0.29, 0.717) is 11.6 Å². The molecule has 1 atom stereocenters. The molecular formula is C15H21N5O2S. The van der Waals surface area contributed by atoms with E-state index in [1.165, 1.54) is 0 Å². The standard InChI is InChI=1S/C15H21N5O2S/c1-10-9-23-15(16-10)20-6-4-19(5-7-20)12(3)14(21)17-13-8-11(2)22-18-13/h8-9,12H,4-7H2,1-3H3,(H,17,18,21)/t12-/m1/s1. The van der Waals surface area contributed by atoms with E-state index in [4.69, 9.17) is 4.52 Å². The van der Waals surface area contributed by atoms with Crippen LogP contribution in [0, 0.1) is 13.8 Å². The zero-order chi connectivity index (χ0) is 16.4. The van der Waals surface area contributed by atoms with Crippen molar-refractivity contribution in [3.63, 3.8) is 0 Å². The van der Waals surface area contributed by atoms with Gasteiger partial charge in [-0.3, -0.25) is 9.69 Å². The number of carbonyl (C=O) groups excluding carboxylic acids is 1. The molecule has 3 rings (SSSR count). The van der Waals surface area contributed by atoms with Crippen molar-refractivity contribution in [2.75, 3.05) is 36.4 Å². The number of rotatable bonds is 4. The molecule has 124 valence electrons. The van der Waals surface area contributed by atoms with Crippen LogP contribution in [-0.4, -0.2) is 53.2 Å². The van der Waals surface area contributed by atoms with Gasteiger partial charge in [-0.15, -0.1) is 11.3 Å². The number of nitrogens with one attached hydrogen (secondary N) is 1. The summed E-state index contributed by atoms with van der Waals surface area (Å²) in [4.78, 5) is 21.3. The van der Waals surface area contributed by atoms with Crippen LogP contribution >= 0.6 is 11.3 Å². The molecule has 2 aromatic heterocycles. The van der Waals surface area contributed by atoms with Gasteiger partial charge in [0.25, 0.3) is 0 Å². The van der Waals surface area contributed by atoms with Crippen LogP contribution in [0.25, 0.3) is 0 Å². The highest BCUT2D eigenvalue weighted by Gasteiger charge is 2.27. The van der Waals surface area contributed by atoms with Crippen molar-refractivity contribution in [3.8, 4) is 0 Å². The number of hydrogen-bond donors (Lipinski definition) is 1. The number of carbonyl (C=O) groups is 1. The second kappa shape index (κ2) is 6.67. The molecule has 8 heteroatoms. The first kappa shape index (κ1) is 15.9. The lowest BCUT2D eigenvalue weighted by molar-refractivity contribution is -0.120. The summed E-state index contributed by atoms with van der Waals surface area (Å²) in [5, 5.41) is 9.73. The van der Waals surface area contributed by atoms with Crippen LogP contribution in [0.1, 0.15) is 18.4 Å². The summed E-state index contributed by atoms with van der Waals surface area (Å²) < 4.78 is 4.96. The molecule has 23 heavy (non-hydrogen) atoms. The zero-order valence-electron chi connectivity index (χ0n) is 13.6. The fourth-order valence-corrected chi connectivity index (χ4v) is 3.47. The van der Waals surface area contributed by atoms with E-state index in [1.807, 2.05) is 13.8 Å². The molecule has 0 spiro atoms. The number of hydrogen-bond acceptors (Lipinski definition) is 7. The van der Waals surface area contributed by atoms with Crippen LogP contribution in [-0.2, 0) is 4.79 Å². The van der Waals surface area contributed by atoms with Crippen LogP contribution in [0.3, 0.4) is 0 Å². The van der Waals surface area contributed by atoms with E-state index < -0.39 is 0 Å². The normalized spacial score (nSPS) is 17.3. The van der Waals surface area contributed by atoms with Gasteiger partial charge in [0.1, 0.15) is 5.76 Å². The van der Waals surface area contributed by atoms with Gasteiger partial charge in [0.05, 0.1) is 11.7 Å². The molecule has 0 unspecified atom stereocenters. The molecule has 1 saturated heterocycles. The molecule has 0 radical (unpaired) electrons. The van der Waals surface area contributed by atoms with Gasteiger partial charge in [0.2, 0.25) is 5.91 Å². The number of amides is 1. The Morgan fingerprint density at radius 3 is 2.65 bits per heavy atom. The highest BCUT2D eigenvalue weighted by molar-refractivity contribution is 7.13. The fourth-order valence-electron chi connectivity index (χ4n) is 2.61. The van der Waals surface area contributed by atoms with Crippen molar-refractivity contribution < 1.29 is 9.32 Å². The molecule has 1 aliphatic rings. The third kappa shape index (κ3) is 3.70. The van der Waals surface area contributed by atoms with Gasteiger partial charge in [-0.1, -0.05) is 5.16 Å². The maximum absolute atomic E-state index is 12.3. The van der Waals surface area contributed by atoms with E-state index in [9.17, 15) is 4.79 Å². The van der Waals surface area contributed by atoms with Crippen molar-refractivity contribution in [3.05, 3.63) is 22.9 Å². The Kier molecular flexibility index (Phi) is 4.63. The predicted molar refractivity (Wildman–Crippen MR) is 90.0 cm³/mol. The summed E-state index contributed by atoms with van der Waals surface area (Å²) in [5.74, 6) is 1.09. The summed E-state index contributed by atoms with van der Waals surface area (Å²) in [7, 11) is 0. The van der Waals surface area contributed by atoms with Crippen molar-refractivity contribution >= 4 is 28.2 Å². The van der Waals surface area contributed by atoms with Crippen LogP contribution in [0.5, 0.6) is 0 Å². The first-order valence-corrected chi connectivity index (χ1v) is 8.56. The first-order valence-electron chi connectivity index (χ1n) is 7.68. The van der Waals surface area contributed by atoms with Crippen LogP contribution < -0.4 is 10.2 Å². The molecule has 0 aliphatic carbocycles. The van der Waals surface area contributed by atoms with Gasteiger partial charge in [-0.05, 0) is 20.8 Å². The van der Waals surface area contributed by atoms with Crippen molar-refractivity contribution in [2.24, 2.45) is 0 Å². The molecule has 1 fully saturated rings. The molecular weight excluding hydrogens is 314 g/mol. The number of aromatic nitrogens is 2. The average Bonchev–Trinajstić information content (AvgIpc) is 3.15. The van der Waals surface area contributed by atoms with Gasteiger partial charge in [0.15, 0.2) is 10.9 Å². The van der Waals surface area contributed by atoms with E-state index in [0.717, 1.165) is 37.0 Å². The van der Waals surface area contributed by atoms with Crippen molar-refractivity contribution in [2.45, 2.75) is 26.8 Å². The van der Waals surface area contributed by atoms with E-state index in [-0.39, 0.29) is 11.9 Å². The molecule has 7 nitrogen and oxygen atoms in total. The van der Waals surface area contributed by atoms with Crippen LogP contribution in [0.4, 0.5) is 10.9 Å². The summed E-state index contributed by atoms with van der Waals surface area (Å²) in [6.07, 6.45) is 0. The number of aryl methyl sites for hydroxylation is 2. The molecule has 1 N–H and O–H groups in total. The highest BCUT2D eigenvalue weighted by atomic mass is 32.1. The summed E-state index contributed by atoms with van der Waals surface area (Å²) >= 11 is 1.67. The topological polar surface area (TPSA) is 74.5 Å². The van der Waals surface area contributed by atoms with Gasteiger partial charge in [0, 0.05) is 37.6 Å². The number of nitrogens with zero attached hydrogens (tertiary/aromatic N) is 4. The summed E-state index contributed by atoms with van der Waals surface area (Å²) in [6.45, 7) is 9.17. The van der Waals surface area contributed by atoms with Gasteiger partial charge >= 0.3 is 0 Å². The third-order valence-corrected chi connectivity index (χ3v) is 5.02. The SMILES string of the molecule is Cc1csc(N2CCN([C@H](C)C(=O)Nc3cc(C)on3)CC2)n1. The Balaban J connectivity index is 1.53. The van der Waals surface area contributed by atoms with E-state index in [1.54, 1.807) is 24.3 Å². The lowest BCUT2D eigenvalue weighted by Crippen LogP contribution is -2.52. The average molecular weight is 335 g/mol. The fraction of sp³-hybridized carbons (Fsp3) is 0.533. The molecule has 1 aliphatic heterocycles. The predicted octanol–water partition coefficient (Wildman–Crippen LogP) is 1.90. The quantitative estimate of drug-likeness (QED) is 0.920. The highest BCUT2D eigenvalue weighted by Crippen LogP contribution is 2.22. The van der Waals surface area contributed by atoms with Crippen molar-refractivity contribution in [1.29, 1.82) is 0 Å². The maximum atomic E-state index is 12.3. The number of anilines is 2. The minimum atomic E-state index is -0.202. The summed E-state index contributed by atoms with van der Waals surface area (Å²) in [5.41, 5.74) is 1.06. The van der Waals surface area contributed by atoms with E-state index in [2.05, 4.69) is 30.6 Å². The minimum Gasteiger partial charge on any atom is -0.360 e. The van der Waals surface area contributed by atoms with Crippen molar-refractivity contribution in [1.82, 2.24) is 15.0 Å². The lowest BCUT2D eigenvalue weighted by atomic mass is 10.2. The summed E-state index contributed by atoms with van der Waals surface area (Å²) in [6, 6.07) is 1.51. The smallest absolute Gasteiger partial charge is 0.242 e. The van der Waals surface area contributed by atoms with Gasteiger partial charge < -0.3 is 14.7 Å².